The number of amides is 2. The minimum absolute atomic E-state index is 0.279. The Morgan fingerprint density at radius 2 is 1.69 bits per heavy atom. The Morgan fingerprint density at radius 1 is 0.969 bits per heavy atom. The van der Waals surface area contributed by atoms with Crippen LogP contribution in [0, 0.1) is 5.92 Å². The van der Waals surface area contributed by atoms with Crippen molar-refractivity contribution in [2.45, 2.75) is 33.1 Å². The fourth-order valence-corrected chi connectivity index (χ4v) is 4.23. The molecule has 1 saturated heterocycles. The van der Waals surface area contributed by atoms with E-state index in [0.717, 1.165) is 43.7 Å². The number of ether oxygens (including phenoxy) is 2. The number of carbonyl (C=O) groups excluding carboxylic acids is 2. The molecule has 0 N–H and O–H groups in total. The molecule has 0 aliphatic carbocycles. The molecule has 6 nitrogen and oxygen atoms in total. The molecule has 0 bridgehead atoms. The van der Waals surface area contributed by atoms with Gasteiger partial charge in [0.1, 0.15) is 17.2 Å². The summed E-state index contributed by atoms with van der Waals surface area (Å²) >= 11 is 0. The van der Waals surface area contributed by atoms with Gasteiger partial charge in [-0.3, -0.25) is 9.59 Å². The molecule has 4 rings (SSSR count). The summed E-state index contributed by atoms with van der Waals surface area (Å²) in [7, 11) is 1.57. The SMILES string of the molecule is CCCOc1ccc(C2=C(N3CCC(C)CC3)C(=O)N(c3cccc(OC)c3)C2=O)cc1. The molecule has 6 heteroatoms. The minimum Gasteiger partial charge on any atom is -0.497 e. The van der Waals surface area contributed by atoms with Crippen LogP contribution in [-0.2, 0) is 9.59 Å². The molecule has 0 unspecified atom stereocenters. The van der Waals surface area contributed by atoms with Crippen LogP contribution < -0.4 is 14.4 Å². The molecule has 0 spiro atoms. The van der Waals surface area contributed by atoms with Crippen molar-refractivity contribution < 1.29 is 19.1 Å². The number of anilines is 1. The molecule has 168 valence electrons. The van der Waals surface area contributed by atoms with Crippen LogP contribution in [0.15, 0.2) is 54.2 Å². The predicted molar refractivity (Wildman–Crippen MR) is 125 cm³/mol. The van der Waals surface area contributed by atoms with Crippen molar-refractivity contribution >= 4 is 23.1 Å². The van der Waals surface area contributed by atoms with Gasteiger partial charge in [-0.2, -0.15) is 0 Å². The molecule has 2 aromatic rings. The van der Waals surface area contributed by atoms with Crippen LogP contribution in [0.1, 0.15) is 38.7 Å². The highest BCUT2D eigenvalue weighted by Crippen LogP contribution is 2.37. The summed E-state index contributed by atoms with van der Waals surface area (Å²) in [5.74, 6) is 1.39. The topological polar surface area (TPSA) is 59.1 Å². The highest BCUT2D eigenvalue weighted by Gasteiger charge is 2.43. The van der Waals surface area contributed by atoms with Crippen molar-refractivity contribution in [3.05, 3.63) is 59.8 Å². The molecule has 2 heterocycles. The van der Waals surface area contributed by atoms with Crippen LogP contribution in [0.2, 0.25) is 0 Å². The predicted octanol–water partition coefficient (Wildman–Crippen LogP) is 4.50. The first kappa shape index (κ1) is 21.9. The highest BCUT2D eigenvalue weighted by molar-refractivity contribution is 6.45. The number of likely N-dealkylation sites (tertiary alicyclic amines) is 1. The standard InChI is InChI=1S/C26H30N2O4/c1-4-16-32-21-10-8-19(9-11-21)23-24(27-14-12-18(2)13-15-27)26(30)28(25(23)29)20-6-5-7-22(17-20)31-3/h5-11,17-18H,4,12-16H2,1-3H3. The van der Waals surface area contributed by atoms with E-state index in [0.29, 0.717) is 35.2 Å². The average molecular weight is 435 g/mol. The van der Waals surface area contributed by atoms with E-state index in [9.17, 15) is 9.59 Å². The van der Waals surface area contributed by atoms with Crippen molar-refractivity contribution in [3.8, 4) is 11.5 Å². The Bertz CT molecular complexity index is 1020. The normalized spacial score (nSPS) is 17.3. The molecular formula is C26H30N2O4. The minimum atomic E-state index is -0.306. The van der Waals surface area contributed by atoms with Crippen LogP contribution in [0.25, 0.3) is 5.57 Å². The smallest absolute Gasteiger partial charge is 0.282 e. The second-order valence-electron chi connectivity index (χ2n) is 8.41. The number of nitrogens with zero attached hydrogens (tertiary/aromatic N) is 2. The lowest BCUT2D eigenvalue weighted by Crippen LogP contribution is -2.38. The van der Waals surface area contributed by atoms with E-state index in [1.54, 1.807) is 31.4 Å². The summed E-state index contributed by atoms with van der Waals surface area (Å²) in [5.41, 5.74) is 2.19. The van der Waals surface area contributed by atoms with Crippen LogP contribution in [-0.4, -0.2) is 43.5 Å². The van der Waals surface area contributed by atoms with Crippen LogP contribution >= 0.6 is 0 Å². The van der Waals surface area contributed by atoms with Gasteiger partial charge in [0, 0.05) is 19.2 Å². The highest BCUT2D eigenvalue weighted by atomic mass is 16.5. The second-order valence-corrected chi connectivity index (χ2v) is 8.41. The maximum Gasteiger partial charge on any atom is 0.282 e. The van der Waals surface area contributed by atoms with E-state index >= 15 is 0 Å². The number of methoxy groups -OCH3 is 1. The van der Waals surface area contributed by atoms with E-state index in [2.05, 4.69) is 18.7 Å². The van der Waals surface area contributed by atoms with Crippen molar-refractivity contribution in [2.75, 3.05) is 31.7 Å². The van der Waals surface area contributed by atoms with E-state index in [4.69, 9.17) is 9.47 Å². The molecule has 2 amide bonds. The van der Waals surface area contributed by atoms with Gasteiger partial charge in [-0.1, -0.05) is 32.0 Å². The van der Waals surface area contributed by atoms with Gasteiger partial charge in [0.2, 0.25) is 0 Å². The third-order valence-corrected chi connectivity index (χ3v) is 6.09. The van der Waals surface area contributed by atoms with Crippen LogP contribution in [0.5, 0.6) is 11.5 Å². The van der Waals surface area contributed by atoms with Gasteiger partial charge >= 0.3 is 0 Å². The van der Waals surface area contributed by atoms with Gasteiger partial charge < -0.3 is 14.4 Å². The van der Waals surface area contributed by atoms with Crippen molar-refractivity contribution in [1.29, 1.82) is 0 Å². The summed E-state index contributed by atoms with van der Waals surface area (Å²) in [6, 6.07) is 14.5. The Labute approximate surface area is 189 Å². The molecule has 0 radical (unpaired) electrons. The molecule has 2 aromatic carbocycles. The van der Waals surface area contributed by atoms with E-state index < -0.39 is 0 Å². The maximum atomic E-state index is 13.6. The first-order valence-corrected chi connectivity index (χ1v) is 11.3. The van der Waals surface area contributed by atoms with Gasteiger partial charge in [-0.05, 0) is 55.0 Å². The molecular weight excluding hydrogens is 404 g/mol. The number of piperidine rings is 1. The number of carbonyl (C=O) groups is 2. The molecule has 2 aliphatic rings. The maximum absolute atomic E-state index is 13.6. The molecule has 1 fully saturated rings. The number of hydrogen-bond acceptors (Lipinski definition) is 5. The zero-order valence-electron chi connectivity index (χ0n) is 19.0. The summed E-state index contributed by atoms with van der Waals surface area (Å²) in [5, 5.41) is 0. The van der Waals surface area contributed by atoms with Crippen molar-refractivity contribution in [1.82, 2.24) is 4.90 Å². The first-order valence-electron chi connectivity index (χ1n) is 11.3. The summed E-state index contributed by atoms with van der Waals surface area (Å²) < 4.78 is 11.0. The lowest BCUT2D eigenvalue weighted by Gasteiger charge is -2.32. The zero-order valence-corrected chi connectivity index (χ0v) is 19.0. The summed E-state index contributed by atoms with van der Waals surface area (Å²) in [6.45, 7) is 6.46. The Kier molecular flexibility index (Phi) is 6.49. The van der Waals surface area contributed by atoms with Crippen molar-refractivity contribution in [2.24, 2.45) is 5.92 Å². The van der Waals surface area contributed by atoms with Gasteiger partial charge in [0.15, 0.2) is 0 Å². The summed E-state index contributed by atoms with van der Waals surface area (Å²) in [6.07, 6.45) is 2.93. The van der Waals surface area contributed by atoms with Gasteiger partial charge in [0.25, 0.3) is 11.8 Å². The van der Waals surface area contributed by atoms with Crippen LogP contribution in [0.3, 0.4) is 0 Å². The summed E-state index contributed by atoms with van der Waals surface area (Å²) in [4.78, 5) is 30.6. The number of hydrogen-bond donors (Lipinski definition) is 0. The molecule has 2 aliphatic heterocycles. The van der Waals surface area contributed by atoms with E-state index in [-0.39, 0.29) is 11.8 Å². The molecule has 32 heavy (non-hydrogen) atoms. The lowest BCUT2D eigenvalue weighted by molar-refractivity contribution is -0.120. The van der Waals surface area contributed by atoms with E-state index in [1.807, 2.05) is 24.3 Å². The molecule has 0 saturated carbocycles. The Balaban J connectivity index is 1.74. The number of benzene rings is 2. The quantitative estimate of drug-likeness (QED) is 0.601. The average Bonchev–Trinajstić information content (AvgIpc) is 3.08. The lowest BCUT2D eigenvalue weighted by atomic mass is 9.97. The first-order chi connectivity index (χ1) is 15.5. The fraction of sp³-hybridized carbons (Fsp3) is 0.385. The molecule has 0 aromatic heterocycles. The second kappa shape index (κ2) is 9.47. The fourth-order valence-electron chi connectivity index (χ4n) is 4.23. The Hall–Kier alpha value is -3.28. The zero-order chi connectivity index (χ0) is 22.7. The van der Waals surface area contributed by atoms with E-state index in [1.165, 1.54) is 4.90 Å². The van der Waals surface area contributed by atoms with Crippen LogP contribution in [0.4, 0.5) is 5.69 Å². The third-order valence-electron chi connectivity index (χ3n) is 6.09. The monoisotopic (exact) mass is 434 g/mol. The number of imide groups is 1. The van der Waals surface area contributed by atoms with Gasteiger partial charge in [-0.25, -0.2) is 4.90 Å². The molecule has 0 atom stereocenters. The van der Waals surface area contributed by atoms with Gasteiger partial charge in [0.05, 0.1) is 25.0 Å². The van der Waals surface area contributed by atoms with Crippen molar-refractivity contribution in [3.63, 3.8) is 0 Å². The number of rotatable bonds is 7. The Morgan fingerprint density at radius 3 is 2.34 bits per heavy atom. The largest absolute Gasteiger partial charge is 0.497 e. The third kappa shape index (κ3) is 4.22. The van der Waals surface area contributed by atoms with Gasteiger partial charge in [-0.15, -0.1) is 0 Å².